The molecule has 4 N–H and O–H groups in total. The summed E-state index contributed by atoms with van der Waals surface area (Å²) in [7, 11) is 0. The van der Waals surface area contributed by atoms with Crippen LogP contribution in [0.2, 0.25) is 0 Å². The fourth-order valence-corrected chi connectivity index (χ4v) is 1.30. The van der Waals surface area contributed by atoms with Gasteiger partial charge < -0.3 is 16.4 Å². The smallest absolute Gasteiger partial charge is 0.319 e. The van der Waals surface area contributed by atoms with Crippen molar-refractivity contribution >= 4 is 11.7 Å². The van der Waals surface area contributed by atoms with Gasteiger partial charge in [-0.2, -0.15) is 0 Å². The minimum atomic E-state index is -0.207. The first kappa shape index (κ1) is 11.5. The van der Waals surface area contributed by atoms with Gasteiger partial charge in [-0.3, -0.25) is 0 Å². The molecule has 0 aliphatic carbocycles. The molecular formula is C11H17N3O. The van der Waals surface area contributed by atoms with Gasteiger partial charge in [0.25, 0.3) is 0 Å². The average molecular weight is 207 g/mol. The second-order valence-electron chi connectivity index (χ2n) is 3.18. The van der Waals surface area contributed by atoms with E-state index in [-0.39, 0.29) is 6.03 Å². The average Bonchev–Trinajstić information content (AvgIpc) is 2.27. The summed E-state index contributed by atoms with van der Waals surface area (Å²) < 4.78 is 0. The summed E-state index contributed by atoms with van der Waals surface area (Å²) in [5.74, 6) is 0. The van der Waals surface area contributed by atoms with Crippen molar-refractivity contribution in [3.05, 3.63) is 29.8 Å². The Morgan fingerprint density at radius 2 is 2.13 bits per heavy atom. The number of hydrogen-bond acceptors (Lipinski definition) is 2. The highest BCUT2D eigenvalue weighted by atomic mass is 16.2. The van der Waals surface area contributed by atoms with Crippen molar-refractivity contribution < 1.29 is 4.79 Å². The third kappa shape index (κ3) is 3.59. The number of nitrogens with two attached hydrogens (primary N) is 1. The van der Waals surface area contributed by atoms with Gasteiger partial charge in [0.1, 0.15) is 0 Å². The Bertz CT molecular complexity index is 325. The molecule has 1 rings (SSSR count). The van der Waals surface area contributed by atoms with E-state index in [0.717, 1.165) is 17.7 Å². The second kappa shape index (κ2) is 6.03. The van der Waals surface area contributed by atoms with E-state index < -0.39 is 0 Å². The summed E-state index contributed by atoms with van der Waals surface area (Å²) in [6.07, 6.45) is 0.896. The normalized spacial score (nSPS) is 9.73. The number of para-hydroxylation sites is 1. The highest BCUT2D eigenvalue weighted by molar-refractivity contribution is 5.90. The van der Waals surface area contributed by atoms with E-state index in [1.54, 1.807) is 0 Å². The summed E-state index contributed by atoms with van der Waals surface area (Å²) in [6, 6.07) is 7.54. The van der Waals surface area contributed by atoms with E-state index in [1.165, 1.54) is 0 Å². The number of carbonyl (C=O) groups is 1. The summed E-state index contributed by atoms with van der Waals surface area (Å²) in [6.45, 7) is 2.99. The Balaban J connectivity index is 2.59. The maximum absolute atomic E-state index is 11.4. The number of rotatable bonds is 4. The van der Waals surface area contributed by atoms with E-state index in [1.807, 2.05) is 24.3 Å². The zero-order chi connectivity index (χ0) is 11.1. The fourth-order valence-electron chi connectivity index (χ4n) is 1.30. The molecule has 0 spiro atoms. The quantitative estimate of drug-likeness (QED) is 0.697. The monoisotopic (exact) mass is 207 g/mol. The molecule has 0 saturated heterocycles. The second-order valence-corrected chi connectivity index (χ2v) is 3.18. The molecule has 0 radical (unpaired) electrons. The molecule has 0 saturated carbocycles. The molecule has 82 valence electrons. The van der Waals surface area contributed by atoms with Crippen LogP contribution in [0, 0.1) is 0 Å². The number of nitrogens with one attached hydrogen (secondary N) is 2. The Labute approximate surface area is 89.9 Å². The summed E-state index contributed by atoms with van der Waals surface area (Å²) in [5, 5.41) is 5.45. The Morgan fingerprint density at radius 3 is 2.80 bits per heavy atom. The van der Waals surface area contributed by atoms with Crippen molar-refractivity contribution in [2.24, 2.45) is 5.73 Å². The number of urea groups is 1. The molecular weight excluding hydrogens is 190 g/mol. The Morgan fingerprint density at radius 1 is 1.40 bits per heavy atom. The maximum atomic E-state index is 11.4. The molecule has 2 amide bonds. The lowest BCUT2D eigenvalue weighted by molar-refractivity contribution is 0.252. The van der Waals surface area contributed by atoms with Crippen LogP contribution in [0.5, 0.6) is 0 Å². The van der Waals surface area contributed by atoms with Crippen molar-refractivity contribution in [1.82, 2.24) is 5.32 Å². The van der Waals surface area contributed by atoms with Crippen molar-refractivity contribution in [1.29, 1.82) is 0 Å². The lowest BCUT2D eigenvalue weighted by Crippen LogP contribution is -2.33. The van der Waals surface area contributed by atoms with Gasteiger partial charge in [-0.15, -0.1) is 0 Å². The lowest BCUT2D eigenvalue weighted by atomic mass is 10.1. The fraction of sp³-hybridized carbons (Fsp3) is 0.364. The molecule has 15 heavy (non-hydrogen) atoms. The number of hydrogen-bond donors (Lipinski definition) is 3. The summed E-state index contributed by atoms with van der Waals surface area (Å²) in [4.78, 5) is 11.4. The predicted octanol–water partition coefficient (Wildman–Crippen LogP) is 1.33. The molecule has 4 nitrogen and oxygen atoms in total. The highest BCUT2D eigenvalue weighted by Gasteiger charge is 2.03. The number of carbonyl (C=O) groups excluding carboxylic acids is 1. The minimum Gasteiger partial charge on any atom is -0.337 e. The molecule has 4 heteroatoms. The lowest BCUT2D eigenvalue weighted by Gasteiger charge is -2.10. The molecule has 0 atom stereocenters. The van der Waals surface area contributed by atoms with Crippen molar-refractivity contribution in [2.45, 2.75) is 13.3 Å². The van der Waals surface area contributed by atoms with Crippen molar-refractivity contribution in [3.8, 4) is 0 Å². The third-order valence-electron chi connectivity index (χ3n) is 2.08. The van der Waals surface area contributed by atoms with Gasteiger partial charge in [0.15, 0.2) is 0 Å². The third-order valence-corrected chi connectivity index (χ3v) is 2.08. The van der Waals surface area contributed by atoms with Crippen molar-refractivity contribution in [2.75, 3.05) is 18.4 Å². The van der Waals surface area contributed by atoms with Crippen LogP contribution in [0.4, 0.5) is 10.5 Å². The van der Waals surface area contributed by atoms with Gasteiger partial charge in [0.05, 0.1) is 0 Å². The number of anilines is 1. The molecule has 1 aromatic carbocycles. The topological polar surface area (TPSA) is 67.2 Å². The SMILES string of the molecule is CCc1ccccc1NC(=O)NCCN. The van der Waals surface area contributed by atoms with Crippen LogP contribution in [0.3, 0.4) is 0 Å². The molecule has 1 aromatic rings. The summed E-state index contributed by atoms with van der Waals surface area (Å²) in [5.41, 5.74) is 7.27. The van der Waals surface area contributed by atoms with Gasteiger partial charge in [0.2, 0.25) is 0 Å². The van der Waals surface area contributed by atoms with Crippen molar-refractivity contribution in [3.63, 3.8) is 0 Å². The van der Waals surface area contributed by atoms with Gasteiger partial charge in [-0.05, 0) is 18.1 Å². The van der Waals surface area contributed by atoms with Crippen LogP contribution in [0.15, 0.2) is 24.3 Å². The van der Waals surface area contributed by atoms with Crippen LogP contribution in [0.25, 0.3) is 0 Å². The number of aryl methyl sites for hydroxylation is 1. The maximum Gasteiger partial charge on any atom is 0.319 e. The van der Waals surface area contributed by atoms with E-state index >= 15 is 0 Å². The van der Waals surface area contributed by atoms with E-state index in [0.29, 0.717) is 13.1 Å². The Kier molecular flexibility index (Phi) is 4.63. The first-order valence-electron chi connectivity index (χ1n) is 5.10. The molecule has 0 aliphatic rings. The highest BCUT2D eigenvalue weighted by Crippen LogP contribution is 2.14. The molecule has 0 aromatic heterocycles. The van der Waals surface area contributed by atoms with Gasteiger partial charge in [-0.1, -0.05) is 25.1 Å². The first-order valence-corrected chi connectivity index (χ1v) is 5.10. The van der Waals surface area contributed by atoms with E-state index in [9.17, 15) is 4.79 Å². The molecule has 0 bridgehead atoms. The molecule has 0 unspecified atom stereocenters. The van der Waals surface area contributed by atoms with Gasteiger partial charge in [0, 0.05) is 18.8 Å². The number of amides is 2. The van der Waals surface area contributed by atoms with E-state index in [2.05, 4.69) is 17.6 Å². The van der Waals surface area contributed by atoms with Crippen LogP contribution in [-0.4, -0.2) is 19.1 Å². The van der Waals surface area contributed by atoms with Crippen LogP contribution < -0.4 is 16.4 Å². The first-order chi connectivity index (χ1) is 7.27. The largest absolute Gasteiger partial charge is 0.337 e. The predicted molar refractivity (Wildman–Crippen MR) is 61.9 cm³/mol. The van der Waals surface area contributed by atoms with Crippen LogP contribution in [-0.2, 0) is 6.42 Å². The van der Waals surface area contributed by atoms with Gasteiger partial charge in [-0.25, -0.2) is 4.79 Å². The number of benzene rings is 1. The van der Waals surface area contributed by atoms with Gasteiger partial charge >= 0.3 is 6.03 Å². The zero-order valence-electron chi connectivity index (χ0n) is 8.92. The minimum absolute atomic E-state index is 0.207. The van der Waals surface area contributed by atoms with Crippen LogP contribution in [0.1, 0.15) is 12.5 Å². The van der Waals surface area contributed by atoms with Crippen LogP contribution >= 0.6 is 0 Å². The van der Waals surface area contributed by atoms with E-state index in [4.69, 9.17) is 5.73 Å². The summed E-state index contributed by atoms with van der Waals surface area (Å²) >= 11 is 0. The zero-order valence-corrected chi connectivity index (χ0v) is 8.92. The molecule has 0 fully saturated rings. The Hall–Kier alpha value is -1.55. The standard InChI is InChI=1S/C11H17N3O/c1-2-9-5-3-4-6-10(9)14-11(15)13-8-7-12/h3-6H,2,7-8,12H2,1H3,(H2,13,14,15). The molecule has 0 aliphatic heterocycles. The molecule has 0 heterocycles.